The molecule has 5 aromatic carbocycles. The van der Waals surface area contributed by atoms with Crippen LogP contribution < -0.4 is 21.4 Å². The van der Waals surface area contributed by atoms with Crippen molar-refractivity contribution >= 4 is 41.6 Å². The Morgan fingerprint density at radius 3 is 1.77 bits per heavy atom. The SMILES string of the molecule is CC(C)(C)[Si](OC[C@@H]1CN(C(c2ccccc2)(c2ccccc2)c2ccccc2)C[C@H](n2c(C#CCNC(=O)C(F)(F)F)nc3c(N)ncnc32)O1)(c1ccccc1)c1ccccc1. The van der Waals surface area contributed by atoms with Gasteiger partial charge in [-0.1, -0.05) is 178 Å². The molecule has 14 heteroatoms. The lowest BCUT2D eigenvalue weighted by atomic mass is 9.75. The molecule has 0 radical (unpaired) electrons. The number of nitrogen functional groups attached to an aromatic ring is 1. The summed E-state index contributed by atoms with van der Waals surface area (Å²) in [6.45, 7) is 6.93. The fourth-order valence-electron chi connectivity index (χ4n) is 9.03. The largest absolute Gasteiger partial charge is 0.471 e. The summed E-state index contributed by atoms with van der Waals surface area (Å²) in [4.78, 5) is 27.6. The van der Waals surface area contributed by atoms with Crippen LogP contribution in [-0.4, -0.2) is 77.2 Å². The molecule has 2 aromatic heterocycles. The van der Waals surface area contributed by atoms with Gasteiger partial charge in [0.05, 0.1) is 24.8 Å². The number of imidazole rings is 1. The predicted octanol–water partition coefficient (Wildman–Crippen LogP) is 7.21. The van der Waals surface area contributed by atoms with Crippen LogP contribution in [0, 0.1) is 11.8 Å². The van der Waals surface area contributed by atoms with Gasteiger partial charge in [0.15, 0.2) is 29.0 Å². The van der Waals surface area contributed by atoms with E-state index in [1.807, 2.05) is 96.3 Å². The van der Waals surface area contributed by atoms with Crippen LogP contribution in [0.5, 0.6) is 0 Å². The van der Waals surface area contributed by atoms with Crippen molar-refractivity contribution in [2.45, 2.75) is 49.9 Å². The van der Waals surface area contributed by atoms with Crippen molar-refractivity contribution in [1.29, 1.82) is 0 Å². The molecule has 1 aliphatic rings. The van der Waals surface area contributed by atoms with Crippen molar-refractivity contribution < 1.29 is 27.1 Å². The highest BCUT2D eigenvalue weighted by Crippen LogP contribution is 2.45. The number of halogens is 3. The summed E-state index contributed by atoms with van der Waals surface area (Å²) in [5, 5.41) is 3.72. The van der Waals surface area contributed by atoms with E-state index in [1.165, 1.54) is 6.33 Å². The van der Waals surface area contributed by atoms with Gasteiger partial charge in [-0.3, -0.25) is 14.3 Å². The molecule has 1 aliphatic heterocycles. The van der Waals surface area contributed by atoms with Crippen LogP contribution in [0.4, 0.5) is 19.0 Å². The third kappa shape index (κ3) is 8.43. The van der Waals surface area contributed by atoms with Crippen LogP contribution in [0.15, 0.2) is 158 Å². The number of alkyl halides is 3. The zero-order chi connectivity index (χ0) is 45.0. The Morgan fingerprint density at radius 2 is 1.28 bits per heavy atom. The molecule has 8 rings (SSSR count). The minimum Gasteiger partial charge on any atom is -0.405 e. The van der Waals surface area contributed by atoms with Gasteiger partial charge in [-0.2, -0.15) is 13.2 Å². The molecule has 0 spiro atoms. The normalized spacial score (nSPS) is 16.2. The van der Waals surface area contributed by atoms with Crippen LogP contribution in [0.25, 0.3) is 11.2 Å². The predicted molar refractivity (Wildman–Crippen MR) is 244 cm³/mol. The van der Waals surface area contributed by atoms with Crippen LogP contribution in [0.1, 0.15) is 49.5 Å². The Kier molecular flexibility index (Phi) is 12.5. The standard InChI is InChI=1S/C50H48F3N7O3Si/c1-48(2,3)64(40-26-15-7-16-27-40,41-28-17-8-18-29-41)62-34-39-32-59(49(36-20-9-4-10-21-36,37-22-11-5-12-23-37)38-24-13-6-14-25-38)33-43(63-39)60-42(30-19-31-55-47(61)50(51,52)53)58-44-45(54)56-35-57-46(44)60/h4-18,20-29,35,39,43H,31-34H2,1-3H3,(H,55,61)(H2,54,56,57)/t39-,43+/m0/s1. The van der Waals surface area contributed by atoms with E-state index in [9.17, 15) is 18.0 Å². The molecule has 0 saturated carbocycles. The number of rotatable bonds is 11. The zero-order valence-corrected chi connectivity index (χ0v) is 36.7. The topological polar surface area (TPSA) is 120 Å². The first-order chi connectivity index (χ1) is 30.8. The summed E-state index contributed by atoms with van der Waals surface area (Å²) < 4.78 is 55.8. The zero-order valence-electron chi connectivity index (χ0n) is 35.7. The monoisotopic (exact) mass is 879 g/mol. The van der Waals surface area contributed by atoms with Crippen LogP contribution >= 0.6 is 0 Å². The molecule has 7 aromatic rings. The first-order valence-electron chi connectivity index (χ1n) is 21.0. The summed E-state index contributed by atoms with van der Waals surface area (Å²) in [6, 6.07) is 51.8. The average molecular weight is 880 g/mol. The first-order valence-corrected chi connectivity index (χ1v) is 22.9. The van der Waals surface area contributed by atoms with Gasteiger partial charge < -0.3 is 20.2 Å². The van der Waals surface area contributed by atoms with Gasteiger partial charge in [0.1, 0.15) is 6.33 Å². The van der Waals surface area contributed by atoms with Gasteiger partial charge in [-0.25, -0.2) is 15.0 Å². The molecule has 2 atom stereocenters. The second-order valence-electron chi connectivity index (χ2n) is 16.6. The van der Waals surface area contributed by atoms with Crippen molar-refractivity contribution in [2.24, 2.45) is 0 Å². The smallest absolute Gasteiger partial charge is 0.405 e. The van der Waals surface area contributed by atoms with Crippen molar-refractivity contribution in [3.8, 4) is 11.8 Å². The van der Waals surface area contributed by atoms with E-state index in [0.717, 1.165) is 27.1 Å². The van der Waals surface area contributed by atoms with Crippen LogP contribution in [-0.2, 0) is 19.5 Å². The lowest BCUT2D eigenvalue weighted by Gasteiger charge is -2.51. The fourth-order valence-corrected chi connectivity index (χ4v) is 13.6. The van der Waals surface area contributed by atoms with Gasteiger partial charge in [-0.15, -0.1) is 0 Å². The molecule has 1 amide bonds. The number of fused-ring (bicyclic) bond motifs is 1. The Hall–Kier alpha value is -6.63. The van der Waals surface area contributed by atoms with E-state index in [2.05, 4.69) is 108 Å². The van der Waals surface area contributed by atoms with Gasteiger partial charge in [0.2, 0.25) is 0 Å². The molecule has 1 saturated heterocycles. The second kappa shape index (κ2) is 18.2. The van der Waals surface area contributed by atoms with Crippen LogP contribution in [0.2, 0.25) is 5.04 Å². The highest BCUT2D eigenvalue weighted by molar-refractivity contribution is 6.99. The molecule has 64 heavy (non-hydrogen) atoms. The molecule has 3 N–H and O–H groups in total. The second-order valence-corrected chi connectivity index (χ2v) is 20.9. The summed E-state index contributed by atoms with van der Waals surface area (Å²) in [7, 11) is -3.08. The summed E-state index contributed by atoms with van der Waals surface area (Å²) in [5.74, 6) is 3.65. The van der Waals surface area contributed by atoms with Crippen molar-refractivity contribution in [3.05, 3.63) is 181 Å². The maximum Gasteiger partial charge on any atom is 0.471 e. The number of benzene rings is 5. The van der Waals surface area contributed by atoms with Crippen molar-refractivity contribution in [3.63, 3.8) is 0 Å². The molecular formula is C50H48F3N7O3Si. The molecule has 0 aliphatic carbocycles. The molecule has 3 heterocycles. The lowest BCUT2D eigenvalue weighted by Crippen LogP contribution is -2.67. The van der Waals surface area contributed by atoms with E-state index < -0.39 is 44.8 Å². The number of ether oxygens (including phenoxy) is 1. The van der Waals surface area contributed by atoms with Crippen molar-refractivity contribution in [1.82, 2.24) is 29.7 Å². The number of aromatic nitrogens is 4. The number of anilines is 1. The number of morpholine rings is 1. The molecular weight excluding hydrogens is 832 g/mol. The number of carbonyl (C=O) groups excluding carboxylic acids is 1. The lowest BCUT2D eigenvalue weighted by molar-refractivity contribution is -0.173. The van der Waals surface area contributed by atoms with E-state index in [0.29, 0.717) is 12.2 Å². The number of amides is 1. The van der Waals surface area contributed by atoms with Gasteiger partial charge in [-0.05, 0) is 38.0 Å². The highest BCUT2D eigenvalue weighted by Gasteiger charge is 2.52. The number of nitrogens with one attached hydrogen (secondary N) is 1. The average Bonchev–Trinajstić information content (AvgIpc) is 3.69. The third-order valence-corrected chi connectivity index (χ3v) is 16.7. The Bertz CT molecular complexity index is 2610. The molecule has 0 bridgehead atoms. The molecule has 10 nitrogen and oxygen atoms in total. The minimum absolute atomic E-state index is 0.0867. The number of hydrogen-bond donors (Lipinski definition) is 2. The fraction of sp³-hybridized carbons (Fsp3) is 0.240. The van der Waals surface area contributed by atoms with Crippen molar-refractivity contribution in [2.75, 3.05) is 32.0 Å². The van der Waals surface area contributed by atoms with E-state index in [-0.39, 0.29) is 35.3 Å². The summed E-state index contributed by atoms with van der Waals surface area (Å²) >= 11 is 0. The first kappa shape index (κ1) is 44.0. The molecule has 1 fully saturated rings. The quantitative estimate of drug-likeness (QED) is 0.0796. The molecule has 0 unspecified atom stereocenters. The Labute approximate surface area is 371 Å². The Morgan fingerprint density at radius 1 is 0.781 bits per heavy atom. The number of carbonyl (C=O) groups is 1. The number of nitrogens with two attached hydrogens (primary N) is 1. The third-order valence-electron chi connectivity index (χ3n) is 11.7. The van der Waals surface area contributed by atoms with E-state index in [4.69, 9.17) is 19.9 Å². The van der Waals surface area contributed by atoms with Gasteiger partial charge in [0.25, 0.3) is 8.32 Å². The van der Waals surface area contributed by atoms with Gasteiger partial charge >= 0.3 is 12.1 Å². The number of nitrogens with zero attached hydrogens (tertiary/aromatic N) is 5. The maximum absolute atomic E-state index is 13.1. The number of hydrogen-bond acceptors (Lipinski definition) is 8. The summed E-state index contributed by atoms with van der Waals surface area (Å²) in [5.41, 5.74) is 9.11. The molecule has 326 valence electrons. The minimum atomic E-state index is -5.06. The highest BCUT2D eigenvalue weighted by atomic mass is 28.4. The Balaban J connectivity index is 1.32. The van der Waals surface area contributed by atoms with Gasteiger partial charge in [0, 0.05) is 13.1 Å². The van der Waals surface area contributed by atoms with E-state index in [1.54, 1.807) is 4.57 Å². The van der Waals surface area contributed by atoms with Crippen LogP contribution in [0.3, 0.4) is 0 Å². The van der Waals surface area contributed by atoms with E-state index >= 15 is 0 Å². The maximum atomic E-state index is 13.1. The summed E-state index contributed by atoms with van der Waals surface area (Å²) in [6.07, 6.45) is -5.18.